The zero-order chi connectivity index (χ0) is 13.4. The third kappa shape index (κ3) is 2.17. The molecule has 1 aromatic carbocycles. The van der Waals surface area contributed by atoms with E-state index in [0.29, 0.717) is 30.2 Å². The third-order valence-corrected chi connectivity index (χ3v) is 3.61. The molecule has 0 bridgehead atoms. The van der Waals surface area contributed by atoms with Gasteiger partial charge in [-0.25, -0.2) is 14.1 Å². The van der Waals surface area contributed by atoms with E-state index >= 15 is 0 Å². The molecule has 2 aromatic rings. The molecule has 1 aromatic heterocycles. The van der Waals surface area contributed by atoms with Gasteiger partial charge in [0, 0.05) is 6.07 Å². The molecule has 0 radical (unpaired) electrons. The maximum Gasteiger partial charge on any atom is 0.143 e. The van der Waals surface area contributed by atoms with E-state index in [-0.39, 0.29) is 5.82 Å². The van der Waals surface area contributed by atoms with E-state index in [1.54, 1.807) is 6.92 Å². The molecule has 1 aliphatic rings. The first-order valence-corrected chi connectivity index (χ1v) is 6.80. The number of ether oxygens (including phenoxy) is 1. The van der Waals surface area contributed by atoms with Gasteiger partial charge in [-0.15, -0.1) is 11.6 Å². The fourth-order valence-electron chi connectivity index (χ4n) is 2.40. The van der Waals surface area contributed by atoms with Crippen LogP contribution in [-0.4, -0.2) is 36.0 Å². The molecule has 6 heteroatoms. The summed E-state index contributed by atoms with van der Waals surface area (Å²) in [5.74, 6) is 0.802. The molecule has 1 aliphatic heterocycles. The van der Waals surface area contributed by atoms with Gasteiger partial charge in [-0.1, -0.05) is 0 Å². The number of nitrogens with zero attached hydrogens (tertiary/aromatic N) is 3. The minimum absolute atomic E-state index is 0.236. The lowest BCUT2D eigenvalue weighted by Gasteiger charge is -2.31. The quantitative estimate of drug-likeness (QED) is 0.792. The Hall–Kier alpha value is -1.33. The van der Waals surface area contributed by atoms with Gasteiger partial charge in [0.2, 0.25) is 0 Å². The number of alkyl halides is 1. The molecular formula is C13H15ClFN3O. The zero-order valence-corrected chi connectivity index (χ0v) is 11.5. The van der Waals surface area contributed by atoms with Crippen molar-refractivity contribution in [3.8, 4) is 0 Å². The van der Waals surface area contributed by atoms with E-state index in [0.717, 1.165) is 24.4 Å². The van der Waals surface area contributed by atoms with E-state index in [9.17, 15) is 4.39 Å². The summed E-state index contributed by atoms with van der Waals surface area (Å²) in [6.07, 6.45) is 0. The summed E-state index contributed by atoms with van der Waals surface area (Å²) in [6, 6.07) is 3.29. The Labute approximate surface area is 115 Å². The first-order valence-electron chi connectivity index (χ1n) is 6.27. The number of benzene rings is 1. The SMILES string of the molecule is Cc1cc2c(cc1F)nc(CCl)n2N1CCOCC1. The molecule has 0 aliphatic carbocycles. The van der Waals surface area contributed by atoms with Crippen LogP contribution in [0.5, 0.6) is 0 Å². The van der Waals surface area contributed by atoms with Crippen molar-refractivity contribution in [3.63, 3.8) is 0 Å². The smallest absolute Gasteiger partial charge is 0.143 e. The second kappa shape index (κ2) is 4.98. The van der Waals surface area contributed by atoms with Crippen molar-refractivity contribution in [2.45, 2.75) is 12.8 Å². The number of aromatic nitrogens is 2. The minimum Gasteiger partial charge on any atom is -0.378 e. The molecule has 19 heavy (non-hydrogen) atoms. The predicted octanol–water partition coefficient (Wildman–Crippen LogP) is 2.19. The highest BCUT2D eigenvalue weighted by Gasteiger charge is 2.19. The second-order valence-corrected chi connectivity index (χ2v) is 4.90. The molecule has 1 saturated heterocycles. The number of fused-ring (bicyclic) bond motifs is 1. The molecule has 0 spiro atoms. The number of rotatable bonds is 2. The van der Waals surface area contributed by atoms with E-state index in [1.807, 2.05) is 10.7 Å². The lowest BCUT2D eigenvalue weighted by molar-refractivity contribution is 0.111. The van der Waals surface area contributed by atoms with E-state index < -0.39 is 0 Å². The van der Waals surface area contributed by atoms with Gasteiger partial charge < -0.3 is 9.75 Å². The lowest BCUT2D eigenvalue weighted by Crippen LogP contribution is -2.44. The summed E-state index contributed by atoms with van der Waals surface area (Å²) in [5.41, 5.74) is 2.16. The summed E-state index contributed by atoms with van der Waals surface area (Å²) in [5, 5.41) is 2.15. The minimum atomic E-state index is -0.236. The molecule has 102 valence electrons. The number of halogens is 2. The zero-order valence-electron chi connectivity index (χ0n) is 10.7. The lowest BCUT2D eigenvalue weighted by atomic mass is 10.2. The normalized spacial score (nSPS) is 16.3. The molecular weight excluding hydrogens is 269 g/mol. The van der Waals surface area contributed by atoms with Crippen molar-refractivity contribution in [3.05, 3.63) is 29.3 Å². The number of hydrogen-bond donors (Lipinski definition) is 0. The fraction of sp³-hybridized carbons (Fsp3) is 0.462. The summed E-state index contributed by atoms with van der Waals surface area (Å²) < 4.78 is 21.0. The van der Waals surface area contributed by atoms with Crippen LogP contribution in [0.15, 0.2) is 12.1 Å². The topological polar surface area (TPSA) is 30.3 Å². The second-order valence-electron chi connectivity index (χ2n) is 4.63. The van der Waals surface area contributed by atoms with Gasteiger partial charge in [-0.05, 0) is 18.6 Å². The Morgan fingerprint density at radius 1 is 1.37 bits per heavy atom. The van der Waals surface area contributed by atoms with Gasteiger partial charge in [0.25, 0.3) is 0 Å². The molecule has 0 unspecified atom stereocenters. The van der Waals surface area contributed by atoms with Gasteiger partial charge in [-0.2, -0.15) is 0 Å². The molecule has 1 fully saturated rings. The average Bonchev–Trinajstić information content (AvgIpc) is 2.78. The molecule has 0 amide bonds. The Kier molecular flexibility index (Phi) is 3.33. The highest BCUT2D eigenvalue weighted by molar-refractivity contribution is 6.16. The van der Waals surface area contributed by atoms with Crippen molar-refractivity contribution in [1.29, 1.82) is 0 Å². The average molecular weight is 284 g/mol. The van der Waals surface area contributed by atoms with E-state index in [2.05, 4.69) is 9.99 Å². The molecule has 0 atom stereocenters. The van der Waals surface area contributed by atoms with Crippen LogP contribution in [0, 0.1) is 12.7 Å². The summed E-state index contributed by atoms with van der Waals surface area (Å²) in [7, 11) is 0. The van der Waals surface area contributed by atoms with Gasteiger partial charge in [0.15, 0.2) is 0 Å². The Balaban J connectivity index is 2.16. The number of morpholine rings is 1. The van der Waals surface area contributed by atoms with E-state index in [1.165, 1.54) is 6.07 Å². The Bertz CT molecular complexity index is 607. The van der Waals surface area contributed by atoms with Crippen LogP contribution in [0.3, 0.4) is 0 Å². The molecule has 0 saturated carbocycles. The Morgan fingerprint density at radius 2 is 2.11 bits per heavy atom. The maximum atomic E-state index is 13.6. The predicted molar refractivity (Wildman–Crippen MR) is 72.8 cm³/mol. The highest BCUT2D eigenvalue weighted by atomic mass is 35.5. The standard InChI is InChI=1S/C13H15ClFN3O/c1-9-6-12-11(7-10(9)15)16-13(8-14)18(12)17-2-4-19-5-3-17/h6-7H,2-5,8H2,1H3. The van der Waals surface area contributed by atoms with Gasteiger partial charge >= 0.3 is 0 Å². The van der Waals surface area contributed by atoms with Crippen LogP contribution in [0.2, 0.25) is 0 Å². The number of aryl methyl sites for hydroxylation is 1. The van der Waals surface area contributed by atoms with Crippen LogP contribution < -0.4 is 5.01 Å². The first kappa shape index (κ1) is 12.7. The monoisotopic (exact) mass is 283 g/mol. The van der Waals surface area contributed by atoms with Crippen LogP contribution in [0.4, 0.5) is 4.39 Å². The maximum absolute atomic E-state index is 13.6. The fourth-order valence-corrected chi connectivity index (χ4v) is 2.57. The first-order chi connectivity index (χ1) is 9.20. The van der Waals surface area contributed by atoms with Crippen molar-refractivity contribution in [1.82, 2.24) is 9.66 Å². The summed E-state index contributed by atoms with van der Waals surface area (Å²) in [6.45, 7) is 4.69. The van der Waals surface area contributed by atoms with Crippen molar-refractivity contribution in [2.24, 2.45) is 0 Å². The molecule has 4 nitrogen and oxygen atoms in total. The van der Waals surface area contributed by atoms with Crippen LogP contribution in [-0.2, 0) is 10.6 Å². The van der Waals surface area contributed by atoms with Gasteiger partial charge in [0.1, 0.15) is 11.6 Å². The van der Waals surface area contributed by atoms with E-state index in [4.69, 9.17) is 16.3 Å². The molecule has 3 rings (SSSR count). The van der Waals surface area contributed by atoms with Crippen molar-refractivity contribution < 1.29 is 9.13 Å². The molecule has 0 N–H and O–H groups in total. The van der Waals surface area contributed by atoms with Crippen molar-refractivity contribution in [2.75, 3.05) is 31.3 Å². The van der Waals surface area contributed by atoms with Crippen molar-refractivity contribution >= 4 is 22.6 Å². The summed E-state index contributed by atoms with van der Waals surface area (Å²) >= 11 is 5.97. The van der Waals surface area contributed by atoms with Crippen LogP contribution in [0.1, 0.15) is 11.4 Å². The van der Waals surface area contributed by atoms with Crippen LogP contribution >= 0.6 is 11.6 Å². The number of hydrogen-bond acceptors (Lipinski definition) is 3. The van der Waals surface area contributed by atoms with Crippen LogP contribution in [0.25, 0.3) is 11.0 Å². The van der Waals surface area contributed by atoms with Gasteiger partial charge in [-0.3, -0.25) is 0 Å². The van der Waals surface area contributed by atoms with Gasteiger partial charge in [0.05, 0.1) is 43.2 Å². The third-order valence-electron chi connectivity index (χ3n) is 3.37. The summed E-state index contributed by atoms with van der Waals surface area (Å²) in [4.78, 5) is 4.42. The largest absolute Gasteiger partial charge is 0.378 e. The highest BCUT2D eigenvalue weighted by Crippen LogP contribution is 2.22. The Morgan fingerprint density at radius 3 is 2.79 bits per heavy atom. The molecule has 2 heterocycles. The number of imidazole rings is 1.